The number of fused-ring (bicyclic) bond motifs is 9. The quantitative estimate of drug-likeness (QED) is 0.154. The van der Waals surface area contributed by atoms with Gasteiger partial charge in [-0.15, -0.1) is 22.7 Å². The molecule has 0 spiro atoms. The van der Waals surface area contributed by atoms with E-state index in [9.17, 15) is 0 Å². The molecule has 64 heavy (non-hydrogen) atoms. The number of rotatable bonds is 7. The van der Waals surface area contributed by atoms with E-state index >= 15 is 0 Å². The van der Waals surface area contributed by atoms with E-state index in [2.05, 4.69) is 241 Å². The average Bonchev–Trinajstić information content (AvgIpc) is 4.03. The molecule has 2 aromatic heterocycles. The normalized spacial score (nSPS) is 12.8. The van der Waals surface area contributed by atoms with Gasteiger partial charge in [0.2, 0.25) is 0 Å². The fourth-order valence-corrected chi connectivity index (χ4v) is 12.7. The lowest BCUT2D eigenvalue weighted by molar-refractivity contribution is 0.768. The Bertz CT molecular complexity index is 3670. The second-order valence-electron chi connectivity index (χ2n) is 16.8. The third-order valence-corrected chi connectivity index (χ3v) is 15.7. The van der Waals surface area contributed by atoms with E-state index in [1.165, 1.54) is 96.0 Å². The number of thiophene rings is 2. The van der Waals surface area contributed by atoms with Gasteiger partial charge in [-0.2, -0.15) is 0 Å². The molecule has 12 aromatic rings. The molecule has 1 aliphatic carbocycles. The van der Waals surface area contributed by atoms with Crippen molar-refractivity contribution in [3.8, 4) is 33.4 Å². The summed E-state index contributed by atoms with van der Waals surface area (Å²) < 4.78 is 5.29. The zero-order valence-corrected chi connectivity index (χ0v) is 36.4. The Kier molecular flexibility index (Phi) is 8.55. The van der Waals surface area contributed by atoms with Crippen LogP contribution < -0.4 is 4.90 Å². The summed E-state index contributed by atoms with van der Waals surface area (Å²) in [5.41, 5.74) is 15.3. The maximum Gasteiger partial charge on any atom is 0.0714 e. The molecule has 0 aliphatic heterocycles. The highest BCUT2D eigenvalue weighted by Crippen LogP contribution is 2.59. The number of anilines is 3. The maximum absolute atomic E-state index is 2.47. The van der Waals surface area contributed by atoms with Crippen LogP contribution in [0.2, 0.25) is 0 Å². The van der Waals surface area contributed by atoms with Gasteiger partial charge in [-0.25, -0.2) is 0 Å². The summed E-state index contributed by atoms with van der Waals surface area (Å²) >= 11 is 3.73. The summed E-state index contributed by atoms with van der Waals surface area (Å²) in [7, 11) is 0. The van der Waals surface area contributed by atoms with Gasteiger partial charge in [-0.05, 0) is 111 Å². The molecule has 0 bridgehead atoms. The molecule has 0 unspecified atom stereocenters. The zero-order valence-electron chi connectivity index (χ0n) is 34.8. The van der Waals surface area contributed by atoms with Gasteiger partial charge in [0.1, 0.15) is 0 Å². The summed E-state index contributed by atoms with van der Waals surface area (Å²) in [6, 6.07) is 87.8. The van der Waals surface area contributed by atoms with Crippen molar-refractivity contribution in [3.05, 3.63) is 259 Å². The summed E-state index contributed by atoms with van der Waals surface area (Å²) in [5.74, 6) is 0. The molecule has 13 rings (SSSR count). The molecule has 0 saturated carbocycles. The SMILES string of the molecule is c1ccc(C2(c3ccccc3)c3ccccc3-c3c(N(c4ccc(-c5ccc6c(c5)sc5ccccc56)cc4)c4ccc(-c5ccc6sc7ccccc7c6c5)cc4)cccc32)cc1. The fourth-order valence-electron chi connectivity index (χ4n) is 10.5. The summed E-state index contributed by atoms with van der Waals surface area (Å²) in [5, 5.41) is 5.28. The van der Waals surface area contributed by atoms with Gasteiger partial charge in [0.25, 0.3) is 0 Å². The van der Waals surface area contributed by atoms with Crippen LogP contribution in [-0.4, -0.2) is 0 Å². The number of benzene rings is 10. The Balaban J connectivity index is 0.989. The molecule has 300 valence electrons. The minimum Gasteiger partial charge on any atom is -0.310 e. The van der Waals surface area contributed by atoms with Gasteiger partial charge < -0.3 is 4.90 Å². The van der Waals surface area contributed by atoms with E-state index < -0.39 is 5.41 Å². The van der Waals surface area contributed by atoms with Crippen molar-refractivity contribution in [3.63, 3.8) is 0 Å². The minimum absolute atomic E-state index is 0.500. The number of hydrogen-bond acceptors (Lipinski definition) is 3. The number of hydrogen-bond donors (Lipinski definition) is 0. The monoisotopic (exact) mass is 849 g/mol. The van der Waals surface area contributed by atoms with Gasteiger partial charge in [0.15, 0.2) is 0 Å². The van der Waals surface area contributed by atoms with Crippen LogP contribution in [0.4, 0.5) is 17.1 Å². The Morgan fingerprint density at radius 3 is 1.47 bits per heavy atom. The molecule has 2 heterocycles. The summed E-state index contributed by atoms with van der Waals surface area (Å²) in [6.45, 7) is 0. The van der Waals surface area contributed by atoms with Crippen LogP contribution in [0.1, 0.15) is 22.3 Å². The van der Waals surface area contributed by atoms with Gasteiger partial charge in [-0.3, -0.25) is 0 Å². The van der Waals surface area contributed by atoms with Crippen LogP contribution in [-0.2, 0) is 5.41 Å². The molecular formula is C61H39NS2. The lowest BCUT2D eigenvalue weighted by Gasteiger charge is -2.34. The Morgan fingerprint density at radius 2 is 0.797 bits per heavy atom. The lowest BCUT2D eigenvalue weighted by atomic mass is 9.68. The van der Waals surface area contributed by atoms with Crippen molar-refractivity contribution in [2.75, 3.05) is 4.90 Å². The predicted molar refractivity (Wildman–Crippen MR) is 275 cm³/mol. The Morgan fingerprint density at radius 1 is 0.312 bits per heavy atom. The predicted octanol–water partition coefficient (Wildman–Crippen LogP) is 17.6. The van der Waals surface area contributed by atoms with Crippen LogP contribution in [0, 0.1) is 0 Å². The topological polar surface area (TPSA) is 3.24 Å². The summed E-state index contributed by atoms with van der Waals surface area (Å²) in [4.78, 5) is 2.47. The standard InChI is InChI=1S/C61H39NS2/c1-3-14-44(15-4-1)61(45-16-5-2-6-17-45)53-21-10-7-20-51(53)60-54(61)22-13-23-55(60)62(46-32-26-40(27-33-46)42-31-37-58-52(38-42)49-19-9-12-25-57(49)63-58)47-34-28-41(29-35-47)43-30-36-50-48-18-8-11-24-56(48)64-59(50)39-43/h1-39H. The lowest BCUT2D eigenvalue weighted by Crippen LogP contribution is -2.28. The molecule has 0 atom stereocenters. The highest BCUT2D eigenvalue weighted by atomic mass is 32.1. The van der Waals surface area contributed by atoms with Crippen molar-refractivity contribution in [1.29, 1.82) is 0 Å². The van der Waals surface area contributed by atoms with Crippen molar-refractivity contribution in [2.24, 2.45) is 0 Å². The molecular weight excluding hydrogens is 811 g/mol. The average molecular weight is 850 g/mol. The van der Waals surface area contributed by atoms with E-state index in [0.717, 1.165) is 17.1 Å². The van der Waals surface area contributed by atoms with Gasteiger partial charge in [0, 0.05) is 57.3 Å². The molecule has 10 aromatic carbocycles. The zero-order chi connectivity index (χ0) is 42.2. The van der Waals surface area contributed by atoms with Crippen molar-refractivity contribution in [2.45, 2.75) is 5.41 Å². The highest BCUT2D eigenvalue weighted by Gasteiger charge is 2.47. The second-order valence-corrected chi connectivity index (χ2v) is 18.9. The van der Waals surface area contributed by atoms with Crippen LogP contribution >= 0.6 is 22.7 Å². The summed E-state index contributed by atoms with van der Waals surface area (Å²) in [6.07, 6.45) is 0. The van der Waals surface area contributed by atoms with Gasteiger partial charge in [0.05, 0.1) is 11.1 Å². The highest BCUT2D eigenvalue weighted by molar-refractivity contribution is 7.26. The smallest absolute Gasteiger partial charge is 0.0714 e. The third kappa shape index (κ3) is 5.68. The first-order valence-electron chi connectivity index (χ1n) is 21.9. The van der Waals surface area contributed by atoms with Gasteiger partial charge in [-0.1, -0.05) is 176 Å². The first-order valence-corrected chi connectivity index (χ1v) is 23.5. The largest absolute Gasteiger partial charge is 0.310 e. The first-order chi connectivity index (χ1) is 31.7. The molecule has 0 saturated heterocycles. The molecule has 0 fully saturated rings. The third-order valence-electron chi connectivity index (χ3n) is 13.4. The van der Waals surface area contributed by atoms with Gasteiger partial charge >= 0.3 is 0 Å². The van der Waals surface area contributed by atoms with Crippen molar-refractivity contribution < 1.29 is 0 Å². The van der Waals surface area contributed by atoms with Crippen molar-refractivity contribution in [1.82, 2.24) is 0 Å². The van der Waals surface area contributed by atoms with Crippen LogP contribution in [0.5, 0.6) is 0 Å². The van der Waals surface area contributed by atoms with E-state index in [1.807, 2.05) is 22.7 Å². The first kappa shape index (κ1) is 37.0. The fraction of sp³-hybridized carbons (Fsp3) is 0.0164. The molecule has 0 amide bonds. The van der Waals surface area contributed by atoms with Crippen molar-refractivity contribution >= 4 is 80.1 Å². The molecule has 0 radical (unpaired) electrons. The van der Waals surface area contributed by atoms with E-state index in [0.29, 0.717) is 0 Å². The molecule has 3 heteroatoms. The van der Waals surface area contributed by atoms with E-state index in [1.54, 1.807) is 0 Å². The van der Waals surface area contributed by atoms with Crippen LogP contribution in [0.15, 0.2) is 237 Å². The Labute approximate surface area is 380 Å². The molecule has 0 N–H and O–H groups in total. The van der Waals surface area contributed by atoms with E-state index in [4.69, 9.17) is 0 Å². The molecule has 1 aliphatic rings. The second kappa shape index (κ2) is 14.8. The minimum atomic E-state index is -0.500. The molecule has 1 nitrogen and oxygen atoms in total. The Hall–Kier alpha value is -7.56. The van der Waals surface area contributed by atoms with Crippen LogP contribution in [0.25, 0.3) is 73.7 Å². The van der Waals surface area contributed by atoms with Crippen LogP contribution in [0.3, 0.4) is 0 Å². The number of nitrogens with zero attached hydrogens (tertiary/aromatic N) is 1. The van der Waals surface area contributed by atoms with E-state index in [-0.39, 0.29) is 0 Å². The maximum atomic E-state index is 2.47.